The standard InChI is InChI=1S/C14H11BrF3N3O2/c1-23-12-4-8(10(15)5-11(12)22)6-20-21-13-3-2-9(7-19-13)14(16,17)18/h2-7,22H,1H3,(H,19,21)/b20-6-. The molecule has 0 saturated carbocycles. The van der Waals surface area contributed by atoms with Crippen LogP contribution in [0.4, 0.5) is 19.0 Å². The van der Waals surface area contributed by atoms with Crippen molar-refractivity contribution in [1.29, 1.82) is 0 Å². The molecule has 23 heavy (non-hydrogen) atoms. The molecule has 0 fully saturated rings. The number of halogens is 4. The van der Waals surface area contributed by atoms with E-state index in [9.17, 15) is 18.3 Å². The molecule has 1 heterocycles. The lowest BCUT2D eigenvalue weighted by Crippen LogP contribution is -2.05. The second kappa shape index (κ2) is 6.86. The number of hydrogen-bond acceptors (Lipinski definition) is 5. The average molecular weight is 390 g/mol. The molecule has 122 valence electrons. The first-order valence-electron chi connectivity index (χ1n) is 6.20. The van der Waals surface area contributed by atoms with E-state index in [0.717, 1.165) is 12.3 Å². The van der Waals surface area contributed by atoms with Crippen molar-refractivity contribution in [2.75, 3.05) is 12.5 Å². The number of aromatic hydroxyl groups is 1. The Morgan fingerprint density at radius 3 is 2.65 bits per heavy atom. The SMILES string of the molecule is COc1cc(/C=N\Nc2ccc(C(F)(F)F)cn2)c(Br)cc1O. The van der Waals surface area contributed by atoms with Crippen LogP contribution >= 0.6 is 15.9 Å². The van der Waals surface area contributed by atoms with Gasteiger partial charge in [-0.2, -0.15) is 18.3 Å². The van der Waals surface area contributed by atoms with Crippen LogP contribution in [-0.4, -0.2) is 23.4 Å². The Morgan fingerprint density at radius 1 is 1.35 bits per heavy atom. The van der Waals surface area contributed by atoms with E-state index in [-0.39, 0.29) is 17.3 Å². The Hall–Kier alpha value is -2.29. The van der Waals surface area contributed by atoms with Gasteiger partial charge in [0.2, 0.25) is 0 Å². The topological polar surface area (TPSA) is 66.7 Å². The molecule has 2 N–H and O–H groups in total. The van der Waals surface area contributed by atoms with Crippen molar-refractivity contribution < 1.29 is 23.0 Å². The molecule has 1 aromatic carbocycles. The van der Waals surface area contributed by atoms with Crippen molar-refractivity contribution in [1.82, 2.24) is 4.98 Å². The normalized spacial score (nSPS) is 11.7. The molecule has 5 nitrogen and oxygen atoms in total. The number of phenolic OH excluding ortho intramolecular Hbond substituents is 1. The first kappa shape index (κ1) is 17.1. The van der Waals surface area contributed by atoms with Crippen LogP contribution < -0.4 is 10.2 Å². The van der Waals surface area contributed by atoms with Gasteiger partial charge in [0.1, 0.15) is 5.82 Å². The third kappa shape index (κ3) is 4.35. The number of benzene rings is 1. The van der Waals surface area contributed by atoms with Crippen molar-refractivity contribution in [3.63, 3.8) is 0 Å². The van der Waals surface area contributed by atoms with Crippen LogP contribution in [0.25, 0.3) is 0 Å². The van der Waals surface area contributed by atoms with Gasteiger partial charge >= 0.3 is 6.18 Å². The number of alkyl halides is 3. The Balaban J connectivity index is 2.10. The summed E-state index contributed by atoms with van der Waals surface area (Å²) in [6, 6.07) is 5.07. The van der Waals surface area contributed by atoms with Gasteiger partial charge in [-0.1, -0.05) is 0 Å². The molecule has 1 aromatic heterocycles. The zero-order valence-corrected chi connectivity index (χ0v) is 13.3. The van der Waals surface area contributed by atoms with Gasteiger partial charge in [-0.15, -0.1) is 0 Å². The van der Waals surface area contributed by atoms with Crippen LogP contribution in [0, 0.1) is 0 Å². The summed E-state index contributed by atoms with van der Waals surface area (Å²) >= 11 is 3.25. The van der Waals surface area contributed by atoms with Crippen LogP contribution in [0.15, 0.2) is 40.0 Å². The minimum Gasteiger partial charge on any atom is -0.504 e. The largest absolute Gasteiger partial charge is 0.504 e. The second-order valence-corrected chi connectivity index (χ2v) is 5.20. The van der Waals surface area contributed by atoms with Gasteiger partial charge in [-0.05, 0) is 40.2 Å². The van der Waals surface area contributed by atoms with E-state index in [4.69, 9.17) is 4.74 Å². The first-order chi connectivity index (χ1) is 10.8. The molecule has 0 amide bonds. The molecule has 9 heteroatoms. The number of nitrogens with one attached hydrogen (secondary N) is 1. The van der Waals surface area contributed by atoms with Gasteiger partial charge in [0.25, 0.3) is 0 Å². The zero-order valence-electron chi connectivity index (χ0n) is 11.7. The van der Waals surface area contributed by atoms with Crippen LogP contribution in [0.2, 0.25) is 0 Å². The van der Waals surface area contributed by atoms with Crippen LogP contribution in [-0.2, 0) is 6.18 Å². The summed E-state index contributed by atoms with van der Waals surface area (Å²) in [5.41, 5.74) is 2.28. The Bertz CT molecular complexity index is 718. The average Bonchev–Trinajstić information content (AvgIpc) is 2.49. The van der Waals surface area contributed by atoms with Gasteiger partial charge < -0.3 is 9.84 Å². The Kier molecular flexibility index (Phi) is 5.09. The number of methoxy groups -OCH3 is 1. The van der Waals surface area contributed by atoms with E-state index in [1.165, 1.54) is 25.5 Å². The summed E-state index contributed by atoms with van der Waals surface area (Å²) in [6.45, 7) is 0. The molecule has 0 bridgehead atoms. The fourth-order valence-electron chi connectivity index (χ4n) is 1.62. The van der Waals surface area contributed by atoms with Gasteiger partial charge in [0.15, 0.2) is 11.5 Å². The predicted molar refractivity (Wildman–Crippen MR) is 82.8 cm³/mol. The lowest BCUT2D eigenvalue weighted by atomic mass is 10.2. The maximum Gasteiger partial charge on any atom is 0.417 e. The van der Waals surface area contributed by atoms with Crippen molar-refractivity contribution in [3.05, 3.63) is 46.1 Å². The third-order valence-corrected chi connectivity index (χ3v) is 3.46. The molecule has 2 aromatic rings. The maximum atomic E-state index is 12.4. The van der Waals surface area contributed by atoms with E-state index < -0.39 is 11.7 Å². The highest BCUT2D eigenvalue weighted by atomic mass is 79.9. The molecule has 0 aliphatic carbocycles. The van der Waals surface area contributed by atoms with Gasteiger partial charge in [0, 0.05) is 16.2 Å². The molecule has 0 aliphatic heterocycles. The number of anilines is 1. The molecule has 0 spiro atoms. The van der Waals surface area contributed by atoms with Crippen molar-refractivity contribution in [2.45, 2.75) is 6.18 Å². The van der Waals surface area contributed by atoms with Gasteiger partial charge in [-0.25, -0.2) is 4.98 Å². The highest BCUT2D eigenvalue weighted by molar-refractivity contribution is 9.10. The van der Waals surface area contributed by atoms with E-state index >= 15 is 0 Å². The quantitative estimate of drug-likeness (QED) is 0.612. The molecular formula is C14H11BrF3N3O2. The lowest BCUT2D eigenvalue weighted by molar-refractivity contribution is -0.137. The number of nitrogens with zero attached hydrogens (tertiary/aromatic N) is 2. The summed E-state index contributed by atoms with van der Waals surface area (Å²) in [6.07, 6.45) is -2.30. The molecule has 0 radical (unpaired) electrons. The summed E-state index contributed by atoms with van der Waals surface area (Å²) in [5, 5.41) is 13.5. The first-order valence-corrected chi connectivity index (χ1v) is 6.99. The molecule has 0 aliphatic rings. The van der Waals surface area contributed by atoms with E-state index in [1.807, 2.05) is 0 Å². The third-order valence-electron chi connectivity index (χ3n) is 2.77. The fraction of sp³-hybridized carbons (Fsp3) is 0.143. The smallest absolute Gasteiger partial charge is 0.417 e. The summed E-state index contributed by atoms with van der Waals surface area (Å²) in [4.78, 5) is 3.63. The monoisotopic (exact) mass is 389 g/mol. The number of hydrazone groups is 1. The molecule has 2 rings (SSSR count). The van der Waals surface area contributed by atoms with Gasteiger partial charge in [-0.3, -0.25) is 5.43 Å². The fourth-order valence-corrected chi connectivity index (χ4v) is 2.05. The number of ether oxygens (including phenoxy) is 1. The number of aromatic nitrogens is 1. The van der Waals surface area contributed by atoms with Crippen molar-refractivity contribution in [3.8, 4) is 11.5 Å². The lowest BCUT2D eigenvalue weighted by Gasteiger charge is -2.07. The molecular weight excluding hydrogens is 379 g/mol. The maximum absolute atomic E-state index is 12.4. The highest BCUT2D eigenvalue weighted by Crippen LogP contribution is 2.31. The number of hydrogen-bond donors (Lipinski definition) is 2. The zero-order chi connectivity index (χ0) is 17.0. The number of pyridine rings is 1. The van der Waals surface area contributed by atoms with E-state index in [0.29, 0.717) is 10.0 Å². The molecule has 0 atom stereocenters. The minimum absolute atomic E-state index is 0.0334. The summed E-state index contributed by atoms with van der Waals surface area (Å²) in [5.74, 6) is 0.396. The second-order valence-electron chi connectivity index (χ2n) is 4.35. The Labute approximate surface area is 137 Å². The van der Waals surface area contributed by atoms with Crippen molar-refractivity contribution in [2.24, 2.45) is 5.10 Å². The van der Waals surface area contributed by atoms with E-state index in [1.54, 1.807) is 6.07 Å². The van der Waals surface area contributed by atoms with E-state index in [2.05, 4.69) is 31.4 Å². The van der Waals surface area contributed by atoms with Crippen LogP contribution in [0.3, 0.4) is 0 Å². The number of phenols is 1. The van der Waals surface area contributed by atoms with Crippen LogP contribution in [0.1, 0.15) is 11.1 Å². The van der Waals surface area contributed by atoms with Crippen molar-refractivity contribution >= 4 is 28.0 Å². The van der Waals surface area contributed by atoms with Crippen LogP contribution in [0.5, 0.6) is 11.5 Å². The molecule has 0 unspecified atom stereocenters. The number of rotatable bonds is 4. The predicted octanol–water partition coefficient (Wildman–Crippen LogP) is 4.02. The summed E-state index contributed by atoms with van der Waals surface area (Å²) in [7, 11) is 1.41. The highest BCUT2D eigenvalue weighted by Gasteiger charge is 2.30. The molecule has 0 saturated heterocycles. The van der Waals surface area contributed by atoms with Gasteiger partial charge in [0.05, 0.1) is 18.9 Å². The summed E-state index contributed by atoms with van der Waals surface area (Å²) < 4.78 is 42.8. The minimum atomic E-state index is -4.43. The Morgan fingerprint density at radius 2 is 2.09 bits per heavy atom.